The van der Waals surface area contributed by atoms with Gasteiger partial charge in [0.2, 0.25) is 0 Å². The lowest BCUT2D eigenvalue weighted by Crippen LogP contribution is -2.14. The van der Waals surface area contributed by atoms with Crippen LogP contribution < -0.4 is 10.6 Å². The lowest BCUT2D eigenvalue weighted by atomic mass is 10.1. The van der Waals surface area contributed by atoms with Gasteiger partial charge in [0, 0.05) is 19.3 Å². The van der Waals surface area contributed by atoms with Crippen LogP contribution in [0.15, 0.2) is 24.3 Å². The molecule has 2 aromatic rings. The predicted molar refractivity (Wildman–Crippen MR) is 81.6 cm³/mol. The molecule has 1 aromatic carbocycles. The van der Waals surface area contributed by atoms with Crippen molar-refractivity contribution in [1.82, 2.24) is 4.37 Å². The first-order valence-corrected chi connectivity index (χ1v) is 7.08. The third-order valence-corrected chi connectivity index (χ3v) is 3.89. The summed E-state index contributed by atoms with van der Waals surface area (Å²) >= 11 is 1.27. The Bertz CT molecular complexity index is 593. The van der Waals surface area contributed by atoms with Crippen LogP contribution in [0.1, 0.15) is 21.6 Å². The van der Waals surface area contributed by atoms with Gasteiger partial charge < -0.3 is 15.7 Å². The number of aromatic nitrogens is 1. The van der Waals surface area contributed by atoms with Gasteiger partial charge in [-0.2, -0.15) is 4.37 Å². The molecular formula is C14H17N3O2S. The SMILES string of the molecule is CNc1snc(C)c1C(=O)Nc1ccc(CCO)cc1. The van der Waals surface area contributed by atoms with E-state index >= 15 is 0 Å². The van der Waals surface area contributed by atoms with E-state index in [-0.39, 0.29) is 12.5 Å². The number of hydrogen-bond acceptors (Lipinski definition) is 5. The topological polar surface area (TPSA) is 74.2 Å². The molecule has 0 radical (unpaired) electrons. The van der Waals surface area contributed by atoms with Crippen molar-refractivity contribution in [1.29, 1.82) is 0 Å². The normalized spacial score (nSPS) is 10.3. The molecule has 2 rings (SSSR count). The van der Waals surface area contributed by atoms with Crippen LogP contribution in [-0.4, -0.2) is 29.0 Å². The molecule has 1 heterocycles. The highest BCUT2D eigenvalue weighted by Crippen LogP contribution is 2.25. The molecule has 0 aliphatic rings. The van der Waals surface area contributed by atoms with Crippen LogP contribution in [0.4, 0.5) is 10.7 Å². The van der Waals surface area contributed by atoms with E-state index < -0.39 is 0 Å². The van der Waals surface area contributed by atoms with Gasteiger partial charge in [0.15, 0.2) is 0 Å². The van der Waals surface area contributed by atoms with Gasteiger partial charge in [-0.1, -0.05) is 12.1 Å². The number of aliphatic hydroxyl groups excluding tert-OH is 1. The smallest absolute Gasteiger partial charge is 0.260 e. The maximum absolute atomic E-state index is 12.3. The van der Waals surface area contributed by atoms with E-state index in [4.69, 9.17) is 5.11 Å². The Morgan fingerprint density at radius 3 is 2.65 bits per heavy atom. The van der Waals surface area contributed by atoms with Gasteiger partial charge in [0.05, 0.1) is 11.3 Å². The number of nitrogens with one attached hydrogen (secondary N) is 2. The lowest BCUT2D eigenvalue weighted by molar-refractivity contribution is 0.102. The highest BCUT2D eigenvalue weighted by Gasteiger charge is 2.17. The Kier molecular flexibility index (Phi) is 4.70. The van der Waals surface area contributed by atoms with E-state index in [0.717, 1.165) is 16.3 Å². The van der Waals surface area contributed by atoms with Crippen LogP contribution in [-0.2, 0) is 6.42 Å². The summed E-state index contributed by atoms with van der Waals surface area (Å²) in [5.41, 5.74) is 3.06. The van der Waals surface area contributed by atoms with Crippen molar-refractivity contribution < 1.29 is 9.90 Å². The van der Waals surface area contributed by atoms with E-state index in [1.165, 1.54) is 11.5 Å². The summed E-state index contributed by atoms with van der Waals surface area (Å²) in [6, 6.07) is 7.45. The van der Waals surface area contributed by atoms with Gasteiger partial charge >= 0.3 is 0 Å². The highest BCUT2D eigenvalue weighted by atomic mass is 32.1. The van der Waals surface area contributed by atoms with Crippen LogP contribution >= 0.6 is 11.5 Å². The molecule has 0 aliphatic heterocycles. The molecule has 0 aliphatic carbocycles. The molecule has 0 saturated heterocycles. The highest BCUT2D eigenvalue weighted by molar-refractivity contribution is 7.10. The van der Waals surface area contributed by atoms with E-state index in [9.17, 15) is 4.79 Å². The van der Waals surface area contributed by atoms with Crippen LogP contribution in [0, 0.1) is 6.92 Å². The van der Waals surface area contributed by atoms with Gasteiger partial charge in [-0.05, 0) is 42.6 Å². The fourth-order valence-corrected chi connectivity index (χ4v) is 2.63. The summed E-state index contributed by atoms with van der Waals surface area (Å²) in [6.45, 7) is 1.94. The maximum Gasteiger partial charge on any atom is 0.260 e. The molecule has 0 bridgehead atoms. The van der Waals surface area contributed by atoms with Crippen LogP contribution in [0.3, 0.4) is 0 Å². The minimum atomic E-state index is -0.171. The predicted octanol–water partition coefficient (Wildman–Crippen LogP) is 2.28. The van der Waals surface area contributed by atoms with E-state index in [1.807, 2.05) is 31.2 Å². The molecule has 0 fully saturated rings. The van der Waals surface area contributed by atoms with Crippen molar-refractivity contribution in [2.75, 3.05) is 24.3 Å². The van der Waals surface area contributed by atoms with Crippen LogP contribution in [0.5, 0.6) is 0 Å². The number of aryl methyl sites for hydroxylation is 1. The third kappa shape index (κ3) is 3.15. The number of nitrogens with zero attached hydrogens (tertiary/aromatic N) is 1. The largest absolute Gasteiger partial charge is 0.396 e. The first-order valence-electron chi connectivity index (χ1n) is 6.31. The second kappa shape index (κ2) is 6.49. The van der Waals surface area contributed by atoms with Crippen molar-refractivity contribution in [3.63, 3.8) is 0 Å². The zero-order valence-electron chi connectivity index (χ0n) is 11.4. The van der Waals surface area contributed by atoms with E-state index in [1.54, 1.807) is 7.05 Å². The van der Waals surface area contributed by atoms with Crippen LogP contribution in [0.25, 0.3) is 0 Å². The molecule has 5 nitrogen and oxygen atoms in total. The number of anilines is 2. The molecule has 6 heteroatoms. The molecule has 106 valence electrons. The standard InChI is InChI=1S/C14H17N3O2S/c1-9-12(14(15-2)20-17-9)13(19)16-11-5-3-10(4-6-11)7-8-18/h3-6,15,18H,7-8H2,1-2H3,(H,16,19). The number of hydrogen-bond donors (Lipinski definition) is 3. The summed E-state index contributed by atoms with van der Waals surface area (Å²) in [5.74, 6) is -0.171. The Balaban J connectivity index is 2.13. The quantitative estimate of drug-likeness (QED) is 0.790. The van der Waals surface area contributed by atoms with Gasteiger partial charge in [0.25, 0.3) is 5.91 Å². The summed E-state index contributed by atoms with van der Waals surface area (Å²) in [7, 11) is 1.77. The van der Waals surface area contributed by atoms with Crippen molar-refractivity contribution in [2.24, 2.45) is 0 Å². The minimum Gasteiger partial charge on any atom is -0.396 e. The number of aliphatic hydroxyl groups is 1. The average molecular weight is 291 g/mol. The third-order valence-electron chi connectivity index (χ3n) is 2.93. The molecule has 0 unspecified atom stereocenters. The van der Waals surface area contributed by atoms with Gasteiger partial charge in [-0.15, -0.1) is 0 Å². The lowest BCUT2D eigenvalue weighted by Gasteiger charge is -2.07. The fourth-order valence-electron chi connectivity index (χ4n) is 1.89. The van der Waals surface area contributed by atoms with E-state index in [0.29, 0.717) is 17.7 Å². The van der Waals surface area contributed by atoms with Crippen LogP contribution in [0.2, 0.25) is 0 Å². The Morgan fingerprint density at radius 2 is 2.05 bits per heavy atom. The van der Waals surface area contributed by atoms with Gasteiger partial charge in [-0.25, -0.2) is 0 Å². The molecule has 20 heavy (non-hydrogen) atoms. The van der Waals surface area contributed by atoms with Gasteiger partial charge in [-0.3, -0.25) is 4.79 Å². The fraction of sp³-hybridized carbons (Fsp3) is 0.286. The number of amides is 1. The molecule has 0 atom stereocenters. The number of benzene rings is 1. The first kappa shape index (κ1) is 14.5. The molecular weight excluding hydrogens is 274 g/mol. The summed E-state index contributed by atoms with van der Waals surface area (Å²) < 4.78 is 4.18. The second-order valence-electron chi connectivity index (χ2n) is 4.35. The summed E-state index contributed by atoms with van der Waals surface area (Å²) in [5, 5.41) is 15.5. The van der Waals surface area contributed by atoms with E-state index in [2.05, 4.69) is 15.0 Å². The number of carbonyl (C=O) groups excluding carboxylic acids is 1. The van der Waals surface area contributed by atoms with Crippen molar-refractivity contribution in [3.05, 3.63) is 41.1 Å². The Labute approximate surface area is 121 Å². The van der Waals surface area contributed by atoms with Crippen molar-refractivity contribution >= 4 is 28.1 Å². The van der Waals surface area contributed by atoms with Gasteiger partial charge in [0.1, 0.15) is 5.00 Å². The monoisotopic (exact) mass is 291 g/mol. The first-order chi connectivity index (χ1) is 9.65. The zero-order valence-corrected chi connectivity index (χ0v) is 12.3. The van der Waals surface area contributed by atoms with Crippen molar-refractivity contribution in [3.8, 4) is 0 Å². The summed E-state index contributed by atoms with van der Waals surface area (Å²) in [6.07, 6.45) is 0.617. The Hall–Kier alpha value is -1.92. The average Bonchev–Trinajstić information content (AvgIpc) is 2.82. The molecule has 1 amide bonds. The Morgan fingerprint density at radius 1 is 1.35 bits per heavy atom. The maximum atomic E-state index is 12.3. The molecule has 1 aromatic heterocycles. The molecule has 0 spiro atoms. The number of rotatable bonds is 5. The minimum absolute atomic E-state index is 0.122. The molecule has 0 saturated carbocycles. The summed E-state index contributed by atoms with van der Waals surface area (Å²) in [4.78, 5) is 12.3. The second-order valence-corrected chi connectivity index (χ2v) is 5.12. The zero-order chi connectivity index (χ0) is 14.5. The molecule has 3 N–H and O–H groups in total. The van der Waals surface area contributed by atoms with Crippen molar-refractivity contribution in [2.45, 2.75) is 13.3 Å². The number of carbonyl (C=O) groups is 1.